The minimum atomic E-state index is -5.02. The molecule has 1 N–H and O–H groups in total. The topological polar surface area (TPSA) is 67.9 Å². The first-order chi connectivity index (χ1) is 16.9. The van der Waals surface area contributed by atoms with Gasteiger partial charge in [-0.25, -0.2) is 9.18 Å². The van der Waals surface area contributed by atoms with Crippen molar-refractivity contribution >= 4 is 12.0 Å². The summed E-state index contributed by atoms with van der Waals surface area (Å²) in [5.41, 5.74) is -2.37. The second-order valence-electron chi connectivity index (χ2n) is 9.41. The zero-order chi connectivity index (χ0) is 26.3. The molecule has 0 bridgehead atoms. The SMILES string of the molecule is CO[C@@](C(=O)N1CCC2(CC1)OC(=O)NC[C@H]2c1ccc(F)cc1)(c1ccc(C)c(C)c1)C(F)(F)F. The van der Waals surface area contributed by atoms with Gasteiger partial charge in [0.15, 0.2) is 0 Å². The molecule has 0 aromatic heterocycles. The lowest BCUT2D eigenvalue weighted by Crippen LogP contribution is -2.62. The van der Waals surface area contributed by atoms with Gasteiger partial charge in [0.25, 0.3) is 11.5 Å². The molecule has 36 heavy (non-hydrogen) atoms. The lowest BCUT2D eigenvalue weighted by atomic mass is 9.74. The van der Waals surface area contributed by atoms with E-state index >= 15 is 0 Å². The average molecular weight is 509 g/mol. The molecule has 2 amide bonds. The Morgan fingerprint density at radius 1 is 1.08 bits per heavy atom. The van der Waals surface area contributed by atoms with Crippen LogP contribution in [0.1, 0.15) is 41.0 Å². The maximum Gasteiger partial charge on any atom is 0.430 e. The summed E-state index contributed by atoms with van der Waals surface area (Å²) in [6.45, 7) is 3.52. The van der Waals surface area contributed by atoms with E-state index in [4.69, 9.17) is 9.47 Å². The van der Waals surface area contributed by atoms with Crippen LogP contribution in [0.4, 0.5) is 22.4 Å². The Morgan fingerprint density at radius 2 is 1.72 bits per heavy atom. The highest BCUT2D eigenvalue weighted by Gasteiger charge is 2.64. The summed E-state index contributed by atoms with van der Waals surface area (Å²) in [4.78, 5) is 26.8. The number of nitrogens with one attached hydrogen (secondary N) is 1. The zero-order valence-electron chi connectivity index (χ0n) is 20.2. The quantitative estimate of drug-likeness (QED) is 0.607. The van der Waals surface area contributed by atoms with Gasteiger partial charge in [0, 0.05) is 51.1 Å². The second kappa shape index (κ2) is 9.38. The van der Waals surface area contributed by atoms with E-state index in [1.165, 1.54) is 30.3 Å². The molecular weight excluding hydrogens is 480 g/mol. The number of amides is 2. The van der Waals surface area contributed by atoms with E-state index in [0.717, 1.165) is 23.1 Å². The van der Waals surface area contributed by atoms with Gasteiger partial charge in [-0.1, -0.05) is 30.3 Å². The number of methoxy groups -OCH3 is 1. The Labute approximate surface area is 206 Å². The third-order valence-corrected chi connectivity index (χ3v) is 7.47. The fourth-order valence-electron chi connectivity index (χ4n) is 5.23. The first-order valence-corrected chi connectivity index (χ1v) is 11.6. The number of carbonyl (C=O) groups is 2. The summed E-state index contributed by atoms with van der Waals surface area (Å²) >= 11 is 0. The largest absolute Gasteiger partial charge is 0.442 e. The van der Waals surface area contributed by atoms with Crippen molar-refractivity contribution in [1.29, 1.82) is 0 Å². The number of likely N-dealkylation sites (tertiary alicyclic amines) is 1. The number of alkyl carbamates (subject to hydrolysis) is 1. The van der Waals surface area contributed by atoms with Crippen molar-refractivity contribution in [3.05, 3.63) is 70.5 Å². The van der Waals surface area contributed by atoms with Crippen LogP contribution in [0.5, 0.6) is 0 Å². The van der Waals surface area contributed by atoms with Gasteiger partial charge in [0.2, 0.25) is 0 Å². The molecule has 2 aromatic carbocycles. The molecule has 0 saturated carbocycles. The van der Waals surface area contributed by atoms with Crippen molar-refractivity contribution in [2.24, 2.45) is 0 Å². The first-order valence-electron chi connectivity index (χ1n) is 11.6. The van der Waals surface area contributed by atoms with Gasteiger partial charge in [-0.15, -0.1) is 0 Å². The summed E-state index contributed by atoms with van der Waals surface area (Å²) in [5, 5.41) is 2.63. The highest BCUT2D eigenvalue weighted by molar-refractivity contribution is 5.88. The van der Waals surface area contributed by atoms with Crippen molar-refractivity contribution in [2.45, 2.75) is 50.0 Å². The van der Waals surface area contributed by atoms with Crippen molar-refractivity contribution < 1.29 is 36.6 Å². The number of nitrogens with zero attached hydrogens (tertiary/aromatic N) is 1. The number of hydrogen-bond donors (Lipinski definition) is 1. The fourth-order valence-corrected chi connectivity index (χ4v) is 5.23. The van der Waals surface area contributed by atoms with Crippen LogP contribution < -0.4 is 5.32 Å². The van der Waals surface area contributed by atoms with Gasteiger partial charge >= 0.3 is 12.3 Å². The van der Waals surface area contributed by atoms with Gasteiger partial charge in [-0.2, -0.15) is 13.2 Å². The number of piperidine rings is 1. The molecular formula is C26H28F4N2O4. The molecule has 2 atom stereocenters. The number of hydrogen-bond acceptors (Lipinski definition) is 4. The second-order valence-corrected chi connectivity index (χ2v) is 9.41. The van der Waals surface area contributed by atoms with E-state index in [1.807, 2.05) is 0 Å². The van der Waals surface area contributed by atoms with Crippen LogP contribution in [0.25, 0.3) is 0 Å². The Morgan fingerprint density at radius 3 is 2.28 bits per heavy atom. The Hall–Kier alpha value is -3.14. The molecule has 2 aliphatic heterocycles. The van der Waals surface area contributed by atoms with Crippen LogP contribution in [0.3, 0.4) is 0 Å². The average Bonchev–Trinajstić information content (AvgIpc) is 2.82. The smallest absolute Gasteiger partial charge is 0.430 e. The molecule has 1 spiro atoms. The summed E-state index contributed by atoms with van der Waals surface area (Å²) < 4.78 is 67.8. The van der Waals surface area contributed by atoms with E-state index in [0.29, 0.717) is 5.56 Å². The molecule has 6 nitrogen and oxygen atoms in total. The molecule has 10 heteroatoms. The van der Waals surface area contributed by atoms with Crippen LogP contribution in [0.15, 0.2) is 42.5 Å². The molecule has 2 aliphatic rings. The summed E-state index contributed by atoms with van der Waals surface area (Å²) in [7, 11) is 0.880. The third-order valence-electron chi connectivity index (χ3n) is 7.47. The molecule has 4 rings (SSSR count). The predicted octanol–water partition coefficient (Wildman–Crippen LogP) is 4.73. The van der Waals surface area contributed by atoms with Crippen molar-refractivity contribution in [2.75, 3.05) is 26.7 Å². The molecule has 2 aromatic rings. The van der Waals surface area contributed by atoms with Gasteiger partial charge in [-0.05, 0) is 42.7 Å². The van der Waals surface area contributed by atoms with E-state index in [1.54, 1.807) is 26.0 Å². The number of carbonyl (C=O) groups excluding carboxylic acids is 2. The normalized spacial score (nSPS) is 21.5. The lowest BCUT2D eigenvalue weighted by Gasteiger charge is -2.49. The maximum atomic E-state index is 14.5. The van der Waals surface area contributed by atoms with E-state index < -0.39 is 35.2 Å². The van der Waals surface area contributed by atoms with E-state index in [2.05, 4.69) is 5.32 Å². The monoisotopic (exact) mass is 508 g/mol. The number of benzene rings is 2. The highest BCUT2D eigenvalue weighted by Crippen LogP contribution is 2.46. The fraction of sp³-hybridized carbons (Fsp3) is 0.462. The molecule has 0 aliphatic carbocycles. The molecule has 194 valence electrons. The van der Waals surface area contributed by atoms with Crippen LogP contribution in [-0.4, -0.2) is 55.4 Å². The molecule has 2 saturated heterocycles. The third kappa shape index (κ3) is 4.31. The summed E-state index contributed by atoms with van der Waals surface area (Å²) in [6.07, 6.45) is -5.41. The standard InChI is InChI=1S/C26H28F4N2O4/c1-16-4-7-19(14-17(16)2)25(35-3,26(28,29)30)22(33)32-12-10-24(11-13-32)21(15-31-23(34)36-24)18-5-8-20(27)9-6-18/h4-9,14,21H,10-13,15H2,1-3H3,(H,31,34)/t21-,25+/m0/s1. The van der Waals surface area contributed by atoms with Crippen LogP contribution in [-0.2, 0) is 19.9 Å². The molecule has 0 unspecified atom stereocenters. The Kier molecular flexibility index (Phi) is 6.76. The highest BCUT2D eigenvalue weighted by atomic mass is 19.4. The molecule has 2 fully saturated rings. The Balaban J connectivity index is 1.64. The van der Waals surface area contributed by atoms with Gasteiger partial charge < -0.3 is 19.7 Å². The lowest BCUT2D eigenvalue weighted by molar-refractivity contribution is -0.271. The van der Waals surface area contributed by atoms with Crippen LogP contribution in [0.2, 0.25) is 0 Å². The van der Waals surface area contributed by atoms with Crippen molar-refractivity contribution in [3.63, 3.8) is 0 Å². The number of rotatable bonds is 4. The Bertz CT molecular complexity index is 1140. The minimum absolute atomic E-state index is 0.0736. The van der Waals surface area contributed by atoms with Gasteiger partial charge in [0.1, 0.15) is 11.4 Å². The maximum absolute atomic E-state index is 14.5. The van der Waals surface area contributed by atoms with E-state index in [-0.39, 0.29) is 44.0 Å². The van der Waals surface area contributed by atoms with Crippen molar-refractivity contribution in [3.8, 4) is 0 Å². The number of aryl methyl sites for hydroxylation is 2. The first kappa shape index (κ1) is 25.9. The summed E-state index contributed by atoms with van der Waals surface area (Å²) in [6, 6.07) is 9.93. The minimum Gasteiger partial charge on any atom is -0.442 e. The predicted molar refractivity (Wildman–Crippen MR) is 123 cm³/mol. The van der Waals surface area contributed by atoms with Crippen molar-refractivity contribution in [1.82, 2.24) is 10.2 Å². The molecule has 2 heterocycles. The van der Waals surface area contributed by atoms with Gasteiger partial charge in [0.05, 0.1) is 0 Å². The zero-order valence-corrected chi connectivity index (χ0v) is 20.2. The summed E-state index contributed by atoms with van der Waals surface area (Å²) in [5.74, 6) is -1.99. The van der Waals surface area contributed by atoms with Crippen LogP contribution >= 0.6 is 0 Å². The van der Waals surface area contributed by atoms with E-state index in [9.17, 15) is 27.2 Å². The molecule has 0 radical (unpaired) electrons. The number of ether oxygens (including phenoxy) is 2. The van der Waals surface area contributed by atoms with Gasteiger partial charge in [-0.3, -0.25) is 4.79 Å². The van der Waals surface area contributed by atoms with Crippen LogP contribution in [0, 0.1) is 19.7 Å². The number of alkyl halides is 3. The number of halogens is 4.